The number of nitrogens with one attached hydrogen (secondary N) is 1. The Labute approximate surface area is 152 Å². The van der Waals surface area contributed by atoms with Crippen molar-refractivity contribution < 1.29 is 4.79 Å². The average molecular weight is 354 g/mol. The molecule has 1 amide bonds. The number of carbonyl (C=O) groups excluding carboxylic acids is 1. The van der Waals surface area contributed by atoms with Crippen LogP contribution in [0.15, 0.2) is 54.7 Å². The van der Waals surface area contributed by atoms with Crippen LogP contribution in [0.4, 0.5) is 5.69 Å². The van der Waals surface area contributed by atoms with Gasteiger partial charge < -0.3 is 5.32 Å². The molecule has 1 N–H and O–H groups in total. The summed E-state index contributed by atoms with van der Waals surface area (Å²) in [4.78, 5) is 12.7. The summed E-state index contributed by atoms with van der Waals surface area (Å²) in [5.41, 5.74) is 4.23. The molecule has 5 heteroatoms. The lowest BCUT2D eigenvalue weighted by atomic mass is 10.0. The predicted octanol–water partition coefficient (Wildman–Crippen LogP) is 5.21. The van der Waals surface area contributed by atoms with E-state index < -0.39 is 0 Å². The molecule has 0 radical (unpaired) electrons. The Bertz CT molecular complexity index is 898. The number of amides is 1. The quantitative estimate of drug-likeness (QED) is 0.699. The standard InChI is InChI=1S/C20H20ClN3O/c1-13(2)19-18(20(25)23-16-6-4-5-15(21)11-16)12-22-24(19)17-9-7-14(3)8-10-17/h4-13H,1-3H3,(H,23,25). The van der Waals surface area contributed by atoms with E-state index in [1.54, 1.807) is 24.4 Å². The summed E-state index contributed by atoms with van der Waals surface area (Å²) in [5, 5.41) is 7.92. The molecule has 4 nitrogen and oxygen atoms in total. The van der Waals surface area contributed by atoms with E-state index in [1.807, 2.05) is 41.9 Å². The smallest absolute Gasteiger partial charge is 0.259 e. The van der Waals surface area contributed by atoms with Gasteiger partial charge in [0.2, 0.25) is 0 Å². The molecule has 0 saturated heterocycles. The fourth-order valence-corrected chi connectivity index (χ4v) is 2.94. The van der Waals surface area contributed by atoms with Crippen LogP contribution in [0.25, 0.3) is 5.69 Å². The summed E-state index contributed by atoms with van der Waals surface area (Å²) in [6.45, 7) is 6.15. The fourth-order valence-electron chi connectivity index (χ4n) is 2.74. The molecular formula is C20H20ClN3O. The Hall–Kier alpha value is -2.59. The van der Waals surface area contributed by atoms with Crippen molar-refractivity contribution in [3.05, 3.63) is 76.6 Å². The van der Waals surface area contributed by atoms with E-state index in [-0.39, 0.29) is 11.8 Å². The molecule has 3 aromatic rings. The lowest BCUT2D eigenvalue weighted by Gasteiger charge is -2.13. The van der Waals surface area contributed by atoms with Gasteiger partial charge in [-0.15, -0.1) is 0 Å². The SMILES string of the molecule is Cc1ccc(-n2ncc(C(=O)Nc3cccc(Cl)c3)c2C(C)C)cc1. The van der Waals surface area contributed by atoms with Gasteiger partial charge >= 0.3 is 0 Å². The Morgan fingerprint density at radius 2 is 1.88 bits per heavy atom. The summed E-state index contributed by atoms with van der Waals surface area (Å²) in [5.74, 6) is -0.0479. The van der Waals surface area contributed by atoms with Gasteiger partial charge in [-0.1, -0.05) is 49.2 Å². The molecule has 0 unspecified atom stereocenters. The Morgan fingerprint density at radius 3 is 2.52 bits per heavy atom. The minimum atomic E-state index is -0.190. The van der Waals surface area contributed by atoms with E-state index >= 15 is 0 Å². The third-order valence-electron chi connectivity index (χ3n) is 3.96. The molecular weight excluding hydrogens is 334 g/mol. The van der Waals surface area contributed by atoms with E-state index in [0.717, 1.165) is 11.4 Å². The molecule has 0 saturated carbocycles. The third-order valence-corrected chi connectivity index (χ3v) is 4.19. The number of carbonyl (C=O) groups is 1. The van der Waals surface area contributed by atoms with Gasteiger partial charge in [-0.3, -0.25) is 4.79 Å². The van der Waals surface area contributed by atoms with Crippen LogP contribution < -0.4 is 5.32 Å². The van der Waals surface area contributed by atoms with Crippen LogP contribution in [0.5, 0.6) is 0 Å². The van der Waals surface area contributed by atoms with Gasteiger partial charge in [0, 0.05) is 10.7 Å². The number of benzene rings is 2. The van der Waals surface area contributed by atoms with Gasteiger partial charge in [0.25, 0.3) is 5.91 Å². The lowest BCUT2D eigenvalue weighted by molar-refractivity contribution is 0.102. The van der Waals surface area contributed by atoms with Crippen molar-refractivity contribution in [2.75, 3.05) is 5.32 Å². The molecule has 128 valence electrons. The maximum atomic E-state index is 12.7. The highest BCUT2D eigenvalue weighted by molar-refractivity contribution is 6.31. The minimum absolute atomic E-state index is 0.143. The minimum Gasteiger partial charge on any atom is -0.322 e. The van der Waals surface area contributed by atoms with Crippen molar-refractivity contribution in [1.82, 2.24) is 9.78 Å². The monoisotopic (exact) mass is 353 g/mol. The molecule has 1 aromatic heterocycles. The normalized spacial score (nSPS) is 10.9. The molecule has 3 rings (SSSR count). The molecule has 0 fully saturated rings. The zero-order valence-electron chi connectivity index (χ0n) is 14.5. The maximum absolute atomic E-state index is 12.7. The zero-order valence-corrected chi connectivity index (χ0v) is 15.2. The first-order valence-electron chi connectivity index (χ1n) is 8.17. The second-order valence-electron chi connectivity index (χ2n) is 6.31. The number of aromatic nitrogens is 2. The number of nitrogens with zero attached hydrogens (tertiary/aromatic N) is 2. The van der Waals surface area contributed by atoms with Crippen molar-refractivity contribution in [3.63, 3.8) is 0 Å². The van der Waals surface area contributed by atoms with Crippen molar-refractivity contribution in [2.24, 2.45) is 0 Å². The van der Waals surface area contributed by atoms with Gasteiger partial charge in [0.05, 0.1) is 23.1 Å². The fraction of sp³-hybridized carbons (Fsp3) is 0.200. The van der Waals surface area contributed by atoms with Crippen LogP contribution in [-0.2, 0) is 0 Å². The average Bonchev–Trinajstić information content (AvgIpc) is 3.01. The van der Waals surface area contributed by atoms with Crippen LogP contribution in [0.3, 0.4) is 0 Å². The Kier molecular flexibility index (Phi) is 4.91. The van der Waals surface area contributed by atoms with Crippen LogP contribution in [-0.4, -0.2) is 15.7 Å². The van der Waals surface area contributed by atoms with Crippen molar-refractivity contribution >= 4 is 23.2 Å². The number of rotatable bonds is 4. The molecule has 1 heterocycles. The molecule has 0 spiro atoms. The van der Waals surface area contributed by atoms with E-state index in [0.29, 0.717) is 16.3 Å². The first-order chi connectivity index (χ1) is 12.0. The van der Waals surface area contributed by atoms with Crippen molar-refractivity contribution in [3.8, 4) is 5.69 Å². The molecule has 2 aromatic carbocycles. The van der Waals surface area contributed by atoms with Crippen molar-refractivity contribution in [2.45, 2.75) is 26.7 Å². The molecule has 0 aliphatic carbocycles. The van der Waals surface area contributed by atoms with Crippen LogP contribution in [0, 0.1) is 6.92 Å². The van der Waals surface area contributed by atoms with Gasteiger partial charge in [0.15, 0.2) is 0 Å². The van der Waals surface area contributed by atoms with Gasteiger partial charge in [-0.2, -0.15) is 5.10 Å². The maximum Gasteiger partial charge on any atom is 0.259 e. The van der Waals surface area contributed by atoms with E-state index in [9.17, 15) is 4.79 Å². The van der Waals surface area contributed by atoms with Gasteiger partial charge in [0.1, 0.15) is 0 Å². The second kappa shape index (κ2) is 7.11. The molecule has 0 bridgehead atoms. The Balaban J connectivity index is 1.96. The highest BCUT2D eigenvalue weighted by atomic mass is 35.5. The number of hydrogen-bond donors (Lipinski definition) is 1. The van der Waals surface area contributed by atoms with Gasteiger partial charge in [-0.05, 0) is 43.2 Å². The first-order valence-corrected chi connectivity index (χ1v) is 8.55. The highest BCUT2D eigenvalue weighted by Crippen LogP contribution is 2.24. The van der Waals surface area contributed by atoms with Gasteiger partial charge in [-0.25, -0.2) is 4.68 Å². The summed E-state index contributed by atoms with van der Waals surface area (Å²) in [6.07, 6.45) is 1.62. The molecule has 0 aliphatic rings. The summed E-state index contributed by atoms with van der Waals surface area (Å²) in [7, 11) is 0. The molecule has 0 aliphatic heterocycles. The third kappa shape index (κ3) is 3.74. The predicted molar refractivity (Wildman–Crippen MR) is 102 cm³/mol. The number of halogens is 1. The zero-order chi connectivity index (χ0) is 18.0. The lowest BCUT2D eigenvalue weighted by Crippen LogP contribution is -2.15. The Morgan fingerprint density at radius 1 is 1.16 bits per heavy atom. The van der Waals surface area contributed by atoms with Crippen molar-refractivity contribution in [1.29, 1.82) is 0 Å². The molecule has 25 heavy (non-hydrogen) atoms. The second-order valence-corrected chi connectivity index (χ2v) is 6.75. The molecule has 0 atom stereocenters. The number of hydrogen-bond acceptors (Lipinski definition) is 2. The highest BCUT2D eigenvalue weighted by Gasteiger charge is 2.21. The summed E-state index contributed by atoms with van der Waals surface area (Å²) >= 11 is 5.99. The topological polar surface area (TPSA) is 46.9 Å². The summed E-state index contributed by atoms with van der Waals surface area (Å²) in [6, 6.07) is 15.2. The number of anilines is 1. The first kappa shape index (κ1) is 17.2. The van der Waals surface area contributed by atoms with E-state index in [2.05, 4.69) is 24.3 Å². The van der Waals surface area contributed by atoms with Crippen LogP contribution in [0.2, 0.25) is 5.02 Å². The van der Waals surface area contributed by atoms with E-state index in [1.165, 1.54) is 5.56 Å². The largest absolute Gasteiger partial charge is 0.322 e. The summed E-state index contributed by atoms with van der Waals surface area (Å²) < 4.78 is 1.83. The van der Waals surface area contributed by atoms with Crippen LogP contribution >= 0.6 is 11.6 Å². The number of aryl methyl sites for hydroxylation is 1. The van der Waals surface area contributed by atoms with E-state index in [4.69, 9.17) is 11.6 Å². The van der Waals surface area contributed by atoms with Crippen LogP contribution in [0.1, 0.15) is 41.4 Å².